The Morgan fingerprint density at radius 1 is 0.286 bits per heavy atom. The van der Waals surface area contributed by atoms with Crippen molar-refractivity contribution in [1.82, 2.24) is 0 Å². The van der Waals surface area contributed by atoms with Crippen LogP contribution in [-0.2, 0) is 5.41 Å². The van der Waals surface area contributed by atoms with Crippen LogP contribution in [-0.4, -0.2) is 0 Å². The zero-order valence-corrected chi connectivity index (χ0v) is 30.8. The maximum Gasteiger partial charge on any atom is 0.0713 e. The van der Waals surface area contributed by atoms with Gasteiger partial charge in [0.05, 0.1) is 11.1 Å². The Balaban J connectivity index is 1.20. The summed E-state index contributed by atoms with van der Waals surface area (Å²) in [6.07, 6.45) is 0. The number of benzene rings is 10. The van der Waals surface area contributed by atoms with E-state index in [0.29, 0.717) is 0 Å². The molecule has 0 spiro atoms. The molecule has 1 heteroatoms. The molecule has 0 radical (unpaired) electrons. The van der Waals surface area contributed by atoms with Gasteiger partial charge in [0.2, 0.25) is 0 Å². The second kappa shape index (κ2) is 13.0. The van der Waals surface area contributed by atoms with E-state index >= 15 is 0 Å². The first-order valence-electron chi connectivity index (χ1n) is 19.4. The van der Waals surface area contributed by atoms with E-state index in [0.717, 1.165) is 17.1 Å². The summed E-state index contributed by atoms with van der Waals surface area (Å²) in [6, 6.07) is 82.6. The van der Waals surface area contributed by atoms with Gasteiger partial charge >= 0.3 is 0 Å². The predicted octanol–water partition coefficient (Wildman–Crippen LogP) is 14.6. The van der Waals surface area contributed by atoms with E-state index in [1.807, 2.05) is 0 Å². The van der Waals surface area contributed by atoms with Gasteiger partial charge in [-0.05, 0) is 102 Å². The maximum absolute atomic E-state index is 2.47. The van der Waals surface area contributed by atoms with E-state index in [1.54, 1.807) is 0 Å². The Labute approximate surface area is 327 Å². The fourth-order valence-electron chi connectivity index (χ4n) is 9.57. The Kier molecular flexibility index (Phi) is 7.47. The van der Waals surface area contributed by atoms with E-state index < -0.39 is 5.41 Å². The number of para-hydroxylation sites is 1. The molecule has 0 aromatic heterocycles. The lowest BCUT2D eigenvalue weighted by atomic mass is 9.68. The average Bonchev–Trinajstić information content (AvgIpc) is 3.58. The van der Waals surface area contributed by atoms with Crippen molar-refractivity contribution in [3.63, 3.8) is 0 Å². The lowest BCUT2D eigenvalue weighted by Crippen LogP contribution is -2.28. The summed E-state index contributed by atoms with van der Waals surface area (Å²) in [5.41, 5.74) is 12.9. The lowest BCUT2D eigenvalue weighted by molar-refractivity contribution is 0.768. The van der Waals surface area contributed by atoms with Crippen LogP contribution in [0, 0.1) is 0 Å². The highest BCUT2D eigenvalue weighted by molar-refractivity contribution is 6.25. The lowest BCUT2D eigenvalue weighted by Gasteiger charge is -2.34. The van der Waals surface area contributed by atoms with Gasteiger partial charge in [-0.1, -0.05) is 194 Å². The minimum atomic E-state index is -0.456. The van der Waals surface area contributed by atoms with Crippen molar-refractivity contribution in [3.05, 3.63) is 247 Å². The number of hydrogen-bond acceptors (Lipinski definition) is 1. The highest BCUT2D eigenvalue weighted by Gasteiger charge is 2.46. The SMILES string of the molecule is c1ccc(-c2ccccc2N(c2ccc3c(c2)-c2ccccc2C3(c2ccccc2)c2ccccc2)c2ccc3c4ccccc4c4ccccc4c3c2)cc1. The van der Waals surface area contributed by atoms with Gasteiger partial charge in [0.15, 0.2) is 0 Å². The molecule has 262 valence electrons. The molecule has 0 heterocycles. The Morgan fingerprint density at radius 2 is 0.732 bits per heavy atom. The summed E-state index contributed by atoms with van der Waals surface area (Å²) >= 11 is 0. The third-order valence-corrected chi connectivity index (χ3v) is 11.9. The van der Waals surface area contributed by atoms with Crippen molar-refractivity contribution in [1.29, 1.82) is 0 Å². The smallest absolute Gasteiger partial charge is 0.0713 e. The third-order valence-electron chi connectivity index (χ3n) is 11.9. The first-order valence-corrected chi connectivity index (χ1v) is 19.4. The van der Waals surface area contributed by atoms with Gasteiger partial charge in [0.25, 0.3) is 0 Å². The van der Waals surface area contributed by atoms with Crippen LogP contribution in [0.5, 0.6) is 0 Å². The highest BCUT2D eigenvalue weighted by atomic mass is 15.1. The molecule has 1 aliphatic rings. The van der Waals surface area contributed by atoms with Crippen molar-refractivity contribution >= 4 is 49.4 Å². The van der Waals surface area contributed by atoms with Gasteiger partial charge < -0.3 is 4.90 Å². The van der Waals surface area contributed by atoms with Gasteiger partial charge in [0.1, 0.15) is 0 Å². The Bertz CT molecular complexity index is 3000. The number of rotatable bonds is 6. The predicted molar refractivity (Wildman–Crippen MR) is 236 cm³/mol. The molecule has 11 rings (SSSR count). The molecule has 0 amide bonds. The average molecular weight is 712 g/mol. The molecule has 0 unspecified atom stereocenters. The van der Waals surface area contributed by atoms with Crippen molar-refractivity contribution in [2.45, 2.75) is 5.41 Å². The van der Waals surface area contributed by atoms with Crippen LogP contribution in [0.15, 0.2) is 224 Å². The van der Waals surface area contributed by atoms with E-state index in [4.69, 9.17) is 0 Å². The van der Waals surface area contributed by atoms with Crippen LogP contribution in [0.3, 0.4) is 0 Å². The molecule has 1 aliphatic carbocycles. The maximum atomic E-state index is 2.47. The number of fused-ring (bicyclic) bond motifs is 9. The van der Waals surface area contributed by atoms with Crippen LogP contribution in [0.2, 0.25) is 0 Å². The zero-order valence-electron chi connectivity index (χ0n) is 30.8. The van der Waals surface area contributed by atoms with E-state index in [-0.39, 0.29) is 0 Å². The van der Waals surface area contributed by atoms with E-state index in [1.165, 1.54) is 76.8 Å². The first-order chi connectivity index (χ1) is 27.8. The molecule has 0 fully saturated rings. The molecule has 0 atom stereocenters. The second-order valence-corrected chi connectivity index (χ2v) is 14.8. The van der Waals surface area contributed by atoms with E-state index in [2.05, 4.69) is 229 Å². The molecule has 0 aliphatic heterocycles. The third kappa shape index (κ3) is 4.81. The summed E-state index contributed by atoms with van der Waals surface area (Å²) in [5.74, 6) is 0. The molecule has 0 saturated carbocycles. The van der Waals surface area contributed by atoms with Crippen LogP contribution < -0.4 is 4.90 Å². The van der Waals surface area contributed by atoms with Gasteiger partial charge in [-0.25, -0.2) is 0 Å². The van der Waals surface area contributed by atoms with E-state index in [9.17, 15) is 0 Å². The van der Waals surface area contributed by atoms with Crippen molar-refractivity contribution in [3.8, 4) is 22.3 Å². The monoisotopic (exact) mass is 711 g/mol. The summed E-state index contributed by atoms with van der Waals surface area (Å²) in [7, 11) is 0. The van der Waals surface area contributed by atoms with Crippen molar-refractivity contribution in [2.75, 3.05) is 4.90 Å². The van der Waals surface area contributed by atoms with Crippen molar-refractivity contribution in [2.24, 2.45) is 0 Å². The zero-order chi connectivity index (χ0) is 37.1. The molecule has 10 aromatic carbocycles. The van der Waals surface area contributed by atoms with Gasteiger partial charge in [0, 0.05) is 16.9 Å². The molecule has 1 nitrogen and oxygen atoms in total. The fraction of sp³-hybridized carbons (Fsp3) is 0.0182. The quantitative estimate of drug-likeness (QED) is 0.155. The first kappa shape index (κ1) is 32.2. The number of hydrogen-bond donors (Lipinski definition) is 0. The minimum Gasteiger partial charge on any atom is -0.310 e. The Hall–Kier alpha value is -7.22. The number of anilines is 3. The number of nitrogens with zero attached hydrogens (tertiary/aromatic N) is 1. The summed E-state index contributed by atoms with van der Waals surface area (Å²) in [6.45, 7) is 0. The summed E-state index contributed by atoms with van der Waals surface area (Å²) < 4.78 is 0. The summed E-state index contributed by atoms with van der Waals surface area (Å²) in [5, 5.41) is 7.60. The molecule has 0 N–H and O–H groups in total. The van der Waals surface area contributed by atoms with Gasteiger partial charge in [-0.15, -0.1) is 0 Å². The minimum absolute atomic E-state index is 0.456. The summed E-state index contributed by atoms with van der Waals surface area (Å²) in [4.78, 5) is 2.47. The van der Waals surface area contributed by atoms with Gasteiger partial charge in [-0.2, -0.15) is 0 Å². The molecular weight excluding hydrogens is 675 g/mol. The Morgan fingerprint density at radius 3 is 1.38 bits per heavy atom. The van der Waals surface area contributed by atoms with Gasteiger partial charge in [-0.3, -0.25) is 0 Å². The highest BCUT2D eigenvalue weighted by Crippen LogP contribution is 2.57. The topological polar surface area (TPSA) is 3.24 Å². The fourth-order valence-corrected chi connectivity index (χ4v) is 9.57. The second-order valence-electron chi connectivity index (χ2n) is 14.8. The molecule has 10 aromatic rings. The standard InChI is InChI=1S/C55H37N/c1-4-18-38(19-5-1)43-24-15-17-31-54(43)56(41-32-34-48-46-27-11-10-25-44(46)45-26-12-13-28-47(45)50(48)36-41)42-33-35-53-51(37-42)49-29-14-16-30-52(49)55(53,39-20-6-2-7-21-39)40-22-8-3-9-23-40/h1-37H. The molecule has 0 bridgehead atoms. The van der Waals surface area contributed by atoms with Crippen molar-refractivity contribution < 1.29 is 0 Å². The molecular formula is C55H37N. The largest absolute Gasteiger partial charge is 0.310 e. The normalized spacial score (nSPS) is 12.8. The van der Waals surface area contributed by atoms with Crippen LogP contribution in [0.1, 0.15) is 22.3 Å². The van der Waals surface area contributed by atoms with Crippen LogP contribution >= 0.6 is 0 Å². The molecule has 0 saturated heterocycles. The molecule has 56 heavy (non-hydrogen) atoms. The van der Waals surface area contributed by atoms with Crippen LogP contribution in [0.25, 0.3) is 54.6 Å². The van der Waals surface area contributed by atoms with Crippen LogP contribution in [0.4, 0.5) is 17.1 Å².